The van der Waals surface area contributed by atoms with E-state index in [1.807, 2.05) is 6.07 Å². The van der Waals surface area contributed by atoms with Gasteiger partial charge in [0.1, 0.15) is 5.69 Å². The number of carboxylic acids is 1. The van der Waals surface area contributed by atoms with E-state index in [1.165, 1.54) is 4.90 Å². The number of aromatic nitrogens is 2. The van der Waals surface area contributed by atoms with Gasteiger partial charge in [-0.3, -0.25) is 9.89 Å². The molecule has 0 spiro atoms. The normalized spacial score (nSPS) is 18.0. The Kier molecular flexibility index (Phi) is 4.31. The first kappa shape index (κ1) is 15.5. The third kappa shape index (κ3) is 3.06. The topological polar surface area (TPSA) is 95.5 Å². The summed E-state index contributed by atoms with van der Waals surface area (Å²) in [7, 11) is 0. The highest BCUT2D eigenvalue weighted by atomic mass is 35.5. The highest BCUT2D eigenvalue weighted by Gasteiger charge is 2.34. The lowest BCUT2D eigenvalue weighted by atomic mass is 10.1. The third-order valence-corrected chi connectivity index (χ3v) is 3.96. The molecule has 1 aliphatic rings. The number of halogens is 1. The molecule has 1 amide bonds. The molecule has 2 N–H and O–H groups in total. The Bertz CT molecular complexity index is 746. The molecule has 3 rings (SSSR count). The number of amides is 1. The molecule has 1 aliphatic heterocycles. The number of ether oxygens (including phenoxy) is 1. The van der Waals surface area contributed by atoms with E-state index in [0.717, 1.165) is 0 Å². The average Bonchev–Trinajstić information content (AvgIpc) is 3.04. The second-order valence-corrected chi connectivity index (χ2v) is 5.48. The third-order valence-electron chi connectivity index (χ3n) is 3.63. The number of carbonyl (C=O) groups is 2. The summed E-state index contributed by atoms with van der Waals surface area (Å²) in [5.74, 6) is -1.52. The van der Waals surface area contributed by atoms with Crippen LogP contribution in [-0.4, -0.2) is 57.9 Å². The lowest BCUT2D eigenvalue weighted by Gasteiger charge is -2.32. The Balaban J connectivity index is 1.86. The number of nitrogens with one attached hydrogen (secondary N) is 1. The second-order valence-electron chi connectivity index (χ2n) is 5.07. The smallest absolute Gasteiger partial charge is 0.328 e. The van der Waals surface area contributed by atoms with Crippen molar-refractivity contribution in [1.82, 2.24) is 15.1 Å². The molecule has 23 heavy (non-hydrogen) atoms. The van der Waals surface area contributed by atoms with Crippen LogP contribution in [0.3, 0.4) is 0 Å². The number of benzene rings is 1. The van der Waals surface area contributed by atoms with E-state index in [0.29, 0.717) is 22.9 Å². The van der Waals surface area contributed by atoms with Gasteiger partial charge >= 0.3 is 5.97 Å². The van der Waals surface area contributed by atoms with E-state index >= 15 is 0 Å². The zero-order chi connectivity index (χ0) is 16.4. The largest absolute Gasteiger partial charge is 0.480 e. The van der Waals surface area contributed by atoms with Crippen LogP contribution in [0.2, 0.25) is 5.02 Å². The highest BCUT2D eigenvalue weighted by Crippen LogP contribution is 2.26. The highest BCUT2D eigenvalue weighted by molar-refractivity contribution is 6.33. The fourth-order valence-corrected chi connectivity index (χ4v) is 2.68. The minimum Gasteiger partial charge on any atom is -0.480 e. The van der Waals surface area contributed by atoms with E-state index in [1.54, 1.807) is 24.3 Å². The summed E-state index contributed by atoms with van der Waals surface area (Å²) in [6.07, 6.45) is 0. The van der Waals surface area contributed by atoms with Gasteiger partial charge in [-0.1, -0.05) is 29.8 Å². The van der Waals surface area contributed by atoms with Gasteiger partial charge in [-0.15, -0.1) is 0 Å². The monoisotopic (exact) mass is 335 g/mol. The summed E-state index contributed by atoms with van der Waals surface area (Å²) in [5, 5.41) is 16.5. The Hall–Kier alpha value is -2.38. The molecule has 0 aliphatic carbocycles. The first-order valence-electron chi connectivity index (χ1n) is 7.00. The molecule has 0 unspecified atom stereocenters. The van der Waals surface area contributed by atoms with Crippen LogP contribution in [0.5, 0.6) is 0 Å². The summed E-state index contributed by atoms with van der Waals surface area (Å²) in [6.45, 7) is 0.504. The molecule has 1 aromatic heterocycles. The molecule has 1 aromatic carbocycles. The predicted octanol–water partition coefficient (Wildman–Crippen LogP) is 1.66. The lowest BCUT2D eigenvalue weighted by molar-refractivity contribution is -0.147. The van der Waals surface area contributed by atoms with Gasteiger partial charge in [0.15, 0.2) is 6.04 Å². The molecular formula is C15H14ClN3O4. The maximum atomic E-state index is 12.5. The first-order chi connectivity index (χ1) is 11.1. The molecule has 0 radical (unpaired) electrons. The van der Waals surface area contributed by atoms with Crippen LogP contribution in [0.4, 0.5) is 0 Å². The number of carbonyl (C=O) groups excluding carboxylic acids is 1. The van der Waals surface area contributed by atoms with Crippen LogP contribution < -0.4 is 0 Å². The number of hydrogen-bond donors (Lipinski definition) is 2. The molecule has 1 fully saturated rings. The van der Waals surface area contributed by atoms with Crippen molar-refractivity contribution in [2.24, 2.45) is 0 Å². The van der Waals surface area contributed by atoms with Gasteiger partial charge in [0.2, 0.25) is 0 Å². The standard InChI is InChI=1S/C15H14ClN3O4/c16-10-4-2-1-3-9(10)11-7-12(18-17-11)14(20)19-5-6-23-8-13(19)15(21)22/h1-4,7,13H,5-6,8H2,(H,17,18)(H,21,22)/t13-/m0/s1. The number of rotatable bonds is 3. The van der Waals surface area contributed by atoms with Crippen LogP contribution in [0.25, 0.3) is 11.3 Å². The Labute approximate surface area is 136 Å². The first-order valence-corrected chi connectivity index (χ1v) is 7.37. The SMILES string of the molecule is O=C(O)[C@@H]1COCCN1C(=O)c1cc(-c2ccccc2Cl)n[nH]1. The number of H-pyrrole nitrogens is 1. The maximum Gasteiger partial charge on any atom is 0.328 e. The molecule has 1 saturated heterocycles. The van der Waals surface area contributed by atoms with Gasteiger partial charge in [-0.25, -0.2) is 4.79 Å². The summed E-state index contributed by atoms with van der Waals surface area (Å²) < 4.78 is 5.13. The van der Waals surface area contributed by atoms with Crippen molar-refractivity contribution < 1.29 is 19.4 Å². The van der Waals surface area contributed by atoms with Crippen LogP contribution >= 0.6 is 11.6 Å². The predicted molar refractivity (Wildman–Crippen MR) is 82.3 cm³/mol. The van der Waals surface area contributed by atoms with Crippen LogP contribution in [0.15, 0.2) is 30.3 Å². The lowest BCUT2D eigenvalue weighted by Crippen LogP contribution is -2.52. The van der Waals surface area contributed by atoms with Crippen LogP contribution in [-0.2, 0) is 9.53 Å². The van der Waals surface area contributed by atoms with E-state index in [4.69, 9.17) is 16.3 Å². The minimum atomic E-state index is -1.09. The molecule has 1 atom stereocenters. The quantitative estimate of drug-likeness (QED) is 0.889. The van der Waals surface area contributed by atoms with Crippen molar-refractivity contribution >= 4 is 23.5 Å². The number of carboxylic acid groups (broad SMARTS) is 1. The molecule has 8 heteroatoms. The van der Waals surface area contributed by atoms with Gasteiger partial charge in [0.05, 0.1) is 23.9 Å². The Morgan fingerprint density at radius 3 is 2.91 bits per heavy atom. The van der Waals surface area contributed by atoms with E-state index in [9.17, 15) is 14.7 Å². The van der Waals surface area contributed by atoms with Crippen molar-refractivity contribution in [3.05, 3.63) is 41.0 Å². The van der Waals surface area contributed by atoms with Crippen molar-refractivity contribution in [2.45, 2.75) is 6.04 Å². The van der Waals surface area contributed by atoms with Gasteiger partial charge < -0.3 is 14.7 Å². The van der Waals surface area contributed by atoms with Gasteiger partial charge in [-0.2, -0.15) is 5.10 Å². The van der Waals surface area contributed by atoms with Crippen molar-refractivity contribution in [3.63, 3.8) is 0 Å². The molecule has 2 heterocycles. The number of hydrogen-bond acceptors (Lipinski definition) is 4. The Morgan fingerprint density at radius 2 is 2.17 bits per heavy atom. The minimum absolute atomic E-state index is 0.0212. The molecule has 0 bridgehead atoms. The Morgan fingerprint density at radius 1 is 1.39 bits per heavy atom. The van der Waals surface area contributed by atoms with E-state index in [2.05, 4.69) is 10.2 Å². The fourth-order valence-electron chi connectivity index (χ4n) is 2.44. The molecule has 0 saturated carbocycles. The number of aromatic amines is 1. The molecule has 2 aromatic rings. The van der Waals surface area contributed by atoms with Crippen LogP contribution in [0.1, 0.15) is 10.5 Å². The van der Waals surface area contributed by atoms with Crippen LogP contribution in [0, 0.1) is 0 Å². The molecule has 120 valence electrons. The number of aliphatic carboxylic acids is 1. The van der Waals surface area contributed by atoms with Gasteiger partial charge in [0.25, 0.3) is 5.91 Å². The van der Waals surface area contributed by atoms with Gasteiger partial charge in [-0.05, 0) is 12.1 Å². The van der Waals surface area contributed by atoms with Crippen molar-refractivity contribution in [2.75, 3.05) is 19.8 Å². The zero-order valence-electron chi connectivity index (χ0n) is 12.0. The van der Waals surface area contributed by atoms with Crippen molar-refractivity contribution in [3.8, 4) is 11.3 Å². The zero-order valence-corrected chi connectivity index (χ0v) is 12.8. The van der Waals surface area contributed by atoms with E-state index < -0.39 is 17.9 Å². The molecular weight excluding hydrogens is 322 g/mol. The maximum absolute atomic E-state index is 12.5. The fraction of sp³-hybridized carbons (Fsp3) is 0.267. The number of nitrogens with zero attached hydrogens (tertiary/aromatic N) is 2. The summed E-state index contributed by atoms with van der Waals surface area (Å²) in [4.78, 5) is 25.1. The number of morpholine rings is 1. The van der Waals surface area contributed by atoms with Crippen molar-refractivity contribution in [1.29, 1.82) is 0 Å². The summed E-state index contributed by atoms with van der Waals surface area (Å²) in [5.41, 5.74) is 1.44. The van der Waals surface area contributed by atoms with E-state index in [-0.39, 0.29) is 18.8 Å². The average molecular weight is 336 g/mol. The summed E-state index contributed by atoms with van der Waals surface area (Å²) in [6, 6.07) is 7.72. The van der Waals surface area contributed by atoms with Gasteiger partial charge in [0, 0.05) is 12.1 Å². The second kappa shape index (κ2) is 6.39. The molecule has 7 nitrogen and oxygen atoms in total. The summed E-state index contributed by atoms with van der Waals surface area (Å²) >= 11 is 6.12.